The maximum Gasteiger partial charge on any atom is 0.354 e. The van der Waals surface area contributed by atoms with Crippen LogP contribution in [0.5, 0.6) is 11.5 Å². The van der Waals surface area contributed by atoms with Crippen LogP contribution in [0.25, 0.3) is 11.3 Å². The summed E-state index contributed by atoms with van der Waals surface area (Å²) in [5.74, 6) is -2.50. The third-order valence-corrected chi connectivity index (χ3v) is 5.81. The minimum Gasteiger partial charge on any atom is -0.456 e. The van der Waals surface area contributed by atoms with Gasteiger partial charge in [0, 0.05) is 37.1 Å². The Morgan fingerprint density at radius 2 is 1.85 bits per heavy atom. The van der Waals surface area contributed by atoms with Gasteiger partial charge in [0.15, 0.2) is 5.82 Å². The van der Waals surface area contributed by atoms with Gasteiger partial charge in [-0.1, -0.05) is 23.7 Å². The number of imide groups is 1. The van der Waals surface area contributed by atoms with Crippen molar-refractivity contribution in [2.24, 2.45) is 7.05 Å². The highest BCUT2D eigenvalue weighted by molar-refractivity contribution is 7.86. The molecule has 2 aromatic heterocycles. The highest BCUT2D eigenvalue weighted by atomic mass is 35.5. The molecule has 0 atom stereocenters. The molecule has 0 unspecified atom stereocenters. The number of ether oxygens (including phenoxy) is 1. The number of halogens is 3. The van der Waals surface area contributed by atoms with Gasteiger partial charge in [-0.15, -0.1) is 9.35 Å². The molecule has 0 aliphatic rings. The largest absolute Gasteiger partial charge is 0.456 e. The first kappa shape index (κ1) is 28.6. The summed E-state index contributed by atoms with van der Waals surface area (Å²) < 4.78 is 63.9. The van der Waals surface area contributed by atoms with Crippen LogP contribution < -0.4 is 15.1 Å². The number of rotatable bonds is 8. The average molecular weight is 592 g/mol. The summed E-state index contributed by atoms with van der Waals surface area (Å²) in [6, 6.07) is 8.25. The molecule has 0 bridgehead atoms. The van der Waals surface area contributed by atoms with Gasteiger partial charge in [-0.05, 0) is 29.8 Å². The lowest BCUT2D eigenvalue weighted by Gasteiger charge is -2.21. The lowest BCUT2D eigenvalue weighted by atomic mass is 10.1. The van der Waals surface area contributed by atoms with Crippen molar-refractivity contribution in [2.45, 2.75) is 6.42 Å². The van der Waals surface area contributed by atoms with Gasteiger partial charge in [0.25, 0.3) is 10.1 Å². The van der Waals surface area contributed by atoms with E-state index in [1.165, 1.54) is 24.4 Å². The van der Waals surface area contributed by atoms with Crippen molar-refractivity contribution in [1.82, 2.24) is 20.1 Å². The van der Waals surface area contributed by atoms with Crippen LogP contribution in [0.2, 0.25) is 5.02 Å². The molecule has 0 saturated heterocycles. The lowest BCUT2D eigenvalue weighted by molar-refractivity contribution is -0.119. The SMILES string of the molecule is Cn1cc(-c2cc(Oc3cc(F)c(N(OS(C)(=O)=O)C(=O)NC(=O)Cc4ccc(F)cc4)cc3Cl)ccn2)cn1. The van der Waals surface area contributed by atoms with Crippen molar-refractivity contribution in [3.8, 4) is 22.8 Å². The van der Waals surface area contributed by atoms with E-state index in [4.69, 9.17) is 16.3 Å². The van der Waals surface area contributed by atoms with Crippen molar-refractivity contribution < 1.29 is 35.8 Å². The molecule has 1 N–H and O–H groups in total. The molecule has 2 aromatic carbocycles. The molecular weight excluding hydrogens is 572 g/mol. The van der Waals surface area contributed by atoms with Crippen molar-refractivity contribution in [3.63, 3.8) is 0 Å². The first-order valence-corrected chi connectivity index (χ1v) is 13.5. The Bertz CT molecular complexity index is 1680. The second-order valence-corrected chi connectivity index (χ2v) is 10.3. The van der Waals surface area contributed by atoms with Crippen LogP contribution in [0.15, 0.2) is 67.1 Å². The maximum atomic E-state index is 15.2. The van der Waals surface area contributed by atoms with Gasteiger partial charge >= 0.3 is 6.03 Å². The fourth-order valence-corrected chi connectivity index (χ4v) is 4.00. The third kappa shape index (κ3) is 7.37. The van der Waals surface area contributed by atoms with Crippen LogP contribution in [-0.2, 0) is 32.7 Å². The summed E-state index contributed by atoms with van der Waals surface area (Å²) in [5.41, 5.74) is 0.865. The van der Waals surface area contributed by atoms with Gasteiger partial charge in [0.1, 0.15) is 23.0 Å². The average Bonchev–Trinajstić information content (AvgIpc) is 3.32. The molecule has 11 nitrogen and oxygen atoms in total. The first-order chi connectivity index (χ1) is 18.9. The number of benzene rings is 2. The predicted molar refractivity (Wildman–Crippen MR) is 140 cm³/mol. The molecule has 0 saturated carbocycles. The second-order valence-electron chi connectivity index (χ2n) is 8.35. The number of aryl methyl sites for hydroxylation is 1. The minimum atomic E-state index is -4.38. The molecule has 3 amide bonds. The number of hydrogen-bond acceptors (Lipinski definition) is 8. The zero-order valence-corrected chi connectivity index (χ0v) is 22.4. The number of urea groups is 1. The summed E-state index contributed by atoms with van der Waals surface area (Å²) in [5, 5.41) is 5.80. The number of carbonyl (C=O) groups is 2. The zero-order valence-electron chi connectivity index (χ0n) is 20.8. The molecule has 2 heterocycles. The number of aromatic nitrogens is 3. The summed E-state index contributed by atoms with van der Waals surface area (Å²) >= 11 is 6.28. The maximum absolute atomic E-state index is 15.2. The number of nitrogens with zero attached hydrogens (tertiary/aromatic N) is 4. The monoisotopic (exact) mass is 591 g/mol. The van der Waals surface area contributed by atoms with Crippen molar-refractivity contribution in [3.05, 3.63) is 89.3 Å². The van der Waals surface area contributed by atoms with Crippen LogP contribution in [0.4, 0.5) is 19.3 Å². The van der Waals surface area contributed by atoms with E-state index in [-0.39, 0.29) is 28.0 Å². The van der Waals surface area contributed by atoms with Crippen LogP contribution in [0, 0.1) is 11.6 Å². The number of carbonyl (C=O) groups excluding carboxylic acids is 2. The molecule has 0 spiro atoms. The number of nitrogens with one attached hydrogen (secondary N) is 1. The van der Waals surface area contributed by atoms with E-state index in [2.05, 4.69) is 14.4 Å². The van der Waals surface area contributed by atoms with Crippen molar-refractivity contribution >= 4 is 39.3 Å². The summed E-state index contributed by atoms with van der Waals surface area (Å²) in [6.45, 7) is 0. The quantitative estimate of drug-likeness (QED) is 0.299. The molecule has 208 valence electrons. The van der Waals surface area contributed by atoms with Gasteiger partial charge in [0.05, 0.1) is 29.6 Å². The zero-order chi connectivity index (χ0) is 29.0. The molecule has 4 aromatic rings. The fraction of sp³-hybridized carbons (Fsp3) is 0.120. The van der Waals surface area contributed by atoms with Crippen LogP contribution in [-0.4, -0.2) is 41.4 Å². The highest BCUT2D eigenvalue weighted by Gasteiger charge is 2.28. The highest BCUT2D eigenvalue weighted by Crippen LogP contribution is 2.36. The van der Waals surface area contributed by atoms with Gasteiger partial charge in [0.2, 0.25) is 5.91 Å². The normalized spacial score (nSPS) is 11.2. The topological polar surface area (TPSA) is 133 Å². The van der Waals surface area contributed by atoms with Crippen molar-refractivity contribution in [1.29, 1.82) is 0 Å². The van der Waals surface area contributed by atoms with Gasteiger partial charge in [-0.3, -0.25) is 19.8 Å². The smallest absolute Gasteiger partial charge is 0.354 e. The Labute approximate surface area is 232 Å². The van der Waals surface area contributed by atoms with E-state index in [0.717, 1.165) is 24.3 Å². The second kappa shape index (κ2) is 11.8. The van der Waals surface area contributed by atoms with Gasteiger partial charge in [-0.2, -0.15) is 13.5 Å². The summed E-state index contributed by atoms with van der Waals surface area (Å²) in [6.07, 6.45) is 5.06. The number of hydroxylamine groups is 1. The lowest BCUT2D eigenvalue weighted by Crippen LogP contribution is -2.44. The summed E-state index contributed by atoms with van der Waals surface area (Å²) in [4.78, 5) is 29.4. The molecule has 0 radical (unpaired) electrons. The standard InChI is InChI=1S/C25H20ClF2N5O6S/c1-32-14-16(13-30-32)21-10-18(7-8-29-21)38-23-12-20(28)22(11-19(23)26)33(39-40(2,36)37)25(35)31-24(34)9-15-3-5-17(27)6-4-15/h3-8,10-14H,9H2,1-2H3,(H,31,34,35). The molecule has 40 heavy (non-hydrogen) atoms. The minimum absolute atomic E-state index is 0.0375. The molecule has 0 aliphatic carbocycles. The third-order valence-electron chi connectivity index (χ3n) is 5.10. The Morgan fingerprint density at radius 3 is 2.50 bits per heavy atom. The van der Waals surface area contributed by atoms with Crippen molar-refractivity contribution in [2.75, 3.05) is 11.3 Å². The fourth-order valence-electron chi connectivity index (χ4n) is 3.39. The molecule has 0 fully saturated rings. The van der Waals surface area contributed by atoms with Crippen LogP contribution >= 0.6 is 11.6 Å². The molecule has 0 aliphatic heterocycles. The van der Waals surface area contributed by atoms with E-state index >= 15 is 4.39 Å². The number of amides is 3. The Hall–Kier alpha value is -4.40. The Balaban J connectivity index is 1.56. The number of pyridine rings is 1. The number of anilines is 1. The van der Waals surface area contributed by atoms with E-state index < -0.39 is 39.4 Å². The van der Waals surface area contributed by atoms with Gasteiger partial charge < -0.3 is 4.74 Å². The Morgan fingerprint density at radius 1 is 1.12 bits per heavy atom. The summed E-state index contributed by atoms with van der Waals surface area (Å²) in [7, 11) is -2.63. The van der Waals surface area contributed by atoms with Crippen LogP contribution in [0.3, 0.4) is 0 Å². The molecular formula is C25H20ClF2N5O6S. The predicted octanol–water partition coefficient (Wildman–Crippen LogP) is 4.38. The van der Waals surface area contributed by atoms with E-state index in [1.54, 1.807) is 30.2 Å². The van der Waals surface area contributed by atoms with Gasteiger partial charge in [-0.25, -0.2) is 13.6 Å². The van der Waals surface area contributed by atoms with E-state index in [9.17, 15) is 22.4 Å². The number of hydrogen-bond donors (Lipinski definition) is 1. The Kier molecular flexibility index (Phi) is 8.42. The van der Waals surface area contributed by atoms with Crippen LogP contribution in [0.1, 0.15) is 5.56 Å². The molecule has 15 heteroatoms. The van der Waals surface area contributed by atoms with E-state index in [0.29, 0.717) is 23.1 Å². The van der Waals surface area contributed by atoms with E-state index in [1.807, 2.05) is 5.32 Å². The first-order valence-electron chi connectivity index (χ1n) is 11.3. The molecule has 4 rings (SSSR count).